The van der Waals surface area contributed by atoms with E-state index in [4.69, 9.17) is 0 Å². The summed E-state index contributed by atoms with van der Waals surface area (Å²) in [5.41, 5.74) is 0. The summed E-state index contributed by atoms with van der Waals surface area (Å²) in [5, 5.41) is 0. The van der Waals surface area contributed by atoms with Crippen LogP contribution >= 0.6 is 0 Å². The summed E-state index contributed by atoms with van der Waals surface area (Å²) in [6.45, 7) is 6.23. The summed E-state index contributed by atoms with van der Waals surface area (Å²) in [6.07, 6.45) is 46.8. The van der Waals surface area contributed by atoms with Crippen molar-refractivity contribution in [1.82, 2.24) is 0 Å². The minimum atomic E-state index is 1.12. The molecule has 0 aliphatic rings. The summed E-state index contributed by atoms with van der Waals surface area (Å²) in [7, 11) is 0. The second kappa shape index (κ2) is 33.0. The monoisotopic (exact) mass is 478 g/mol. The normalized spacial score (nSPS) is 11.5. The molecule has 0 amide bonds. The molecule has 1 radical (unpaired) electrons. The van der Waals surface area contributed by atoms with Gasteiger partial charge >= 0.3 is 0 Å². The fraction of sp³-hybridized carbons (Fsp3) is 0.971. The van der Waals surface area contributed by atoms with Gasteiger partial charge in [-0.3, -0.25) is 0 Å². The standard InChI is InChI=1S/C34H69/c1-3-5-7-9-11-13-15-17-19-21-23-25-27-29-31-33-34-32-30-28-26-24-22-20-18-16-14-12-10-8-6-4-2/h1,3-34H2,2H3. The van der Waals surface area contributed by atoms with Gasteiger partial charge in [0.2, 0.25) is 0 Å². The van der Waals surface area contributed by atoms with Crippen LogP contribution < -0.4 is 0 Å². The van der Waals surface area contributed by atoms with Gasteiger partial charge < -0.3 is 0 Å². The van der Waals surface area contributed by atoms with E-state index in [1.165, 1.54) is 199 Å². The smallest absolute Gasteiger partial charge is 0.0533 e. The van der Waals surface area contributed by atoms with Crippen LogP contribution in [-0.4, -0.2) is 0 Å². The van der Waals surface area contributed by atoms with Crippen molar-refractivity contribution >= 4 is 0 Å². The van der Waals surface area contributed by atoms with Crippen LogP contribution in [0.2, 0.25) is 0 Å². The third-order valence-corrected chi connectivity index (χ3v) is 7.85. The van der Waals surface area contributed by atoms with Gasteiger partial charge in [-0.15, -0.1) is 0 Å². The lowest BCUT2D eigenvalue weighted by molar-refractivity contribution is 0.512. The van der Waals surface area contributed by atoms with Gasteiger partial charge in [-0.25, -0.2) is 0 Å². The van der Waals surface area contributed by atoms with E-state index < -0.39 is 0 Å². The van der Waals surface area contributed by atoms with E-state index >= 15 is 0 Å². The zero-order chi connectivity index (χ0) is 24.6. The van der Waals surface area contributed by atoms with Crippen LogP contribution in [0.3, 0.4) is 0 Å². The Bertz CT molecular complexity index is 288. The van der Waals surface area contributed by atoms with E-state index in [1.54, 1.807) is 0 Å². The third kappa shape index (κ3) is 32.0. The van der Waals surface area contributed by atoms with Crippen LogP contribution in [0.1, 0.15) is 212 Å². The first-order chi connectivity index (χ1) is 16.9. The zero-order valence-electron chi connectivity index (χ0n) is 24.3. The first kappa shape index (κ1) is 34.0. The van der Waals surface area contributed by atoms with Crippen molar-refractivity contribution in [1.29, 1.82) is 0 Å². The zero-order valence-corrected chi connectivity index (χ0v) is 24.3. The highest BCUT2D eigenvalue weighted by molar-refractivity contribution is 4.52. The van der Waals surface area contributed by atoms with Crippen molar-refractivity contribution in [2.75, 3.05) is 0 Å². The molecule has 0 heteroatoms. The van der Waals surface area contributed by atoms with Gasteiger partial charge in [-0.2, -0.15) is 0 Å². The molecule has 0 bridgehead atoms. The lowest BCUT2D eigenvalue weighted by Crippen LogP contribution is -1.85. The maximum absolute atomic E-state index is 3.92. The Morgan fingerprint density at radius 2 is 0.382 bits per heavy atom. The van der Waals surface area contributed by atoms with Gasteiger partial charge in [-0.1, -0.05) is 219 Å². The predicted octanol–water partition coefficient (Wildman–Crippen LogP) is 13.3. The van der Waals surface area contributed by atoms with Crippen molar-refractivity contribution in [3.63, 3.8) is 0 Å². The summed E-state index contributed by atoms with van der Waals surface area (Å²) in [6, 6.07) is 0. The quantitative estimate of drug-likeness (QED) is 0.0870. The first-order valence-corrected chi connectivity index (χ1v) is 16.7. The molecule has 0 aromatic carbocycles. The van der Waals surface area contributed by atoms with Crippen molar-refractivity contribution < 1.29 is 0 Å². The third-order valence-electron chi connectivity index (χ3n) is 7.85. The highest BCUT2D eigenvalue weighted by Crippen LogP contribution is 2.16. The van der Waals surface area contributed by atoms with Crippen LogP contribution in [0.25, 0.3) is 0 Å². The van der Waals surface area contributed by atoms with Crippen LogP contribution in [-0.2, 0) is 0 Å². The van der Waals surface area contributed by atoms with Crippen LogP contribution in [0.4, 0.5) is 0 Å². The van der Waals surface area contributed by atoms with Gasteiger partial charge in [-0.05, 0) is 0 Å². The Balaban J connectivity index is 2.99. The van der Waals surface area contributed by atoms with Crippen molar-refractivity contribution in [2.24, 2.45) is 0 Å². The van der Waals surface area contributed by atoms with E-state index in [9.17, 15) is 0 Å². The maximum Gasteiger partial charge on any atom is -0.0533 e. The van der Waals surface area contributed by atoms with Gasteiger partial charge in [0.15, 0.2) is 0 Å². The molecular formula is C34H69. The van der Waals surface area contributed by atoms with Crippen molar-refractivity contribution in [3.8, 4) is 0 Å². The largest absolute Gasteiger partial charge is 0.0654 e. The Kier molecular flexibility index (Phi) is 33.0. The molecule has 0 unspecified atom stereocenters. The minimum absolute atomic E-state index is 1.12. The number of rotatable bonds is 31. The van der Waals surface area contributed by atoms with Gasteiger partial charge in [0.05, 0.1) is 0 Å². The van der Waals surface area contributed by atoms with Crippen LogP contribution in [0.15, 0.2) is 0 Å². The highest BCUT2D eigenvalue weighted by atomic mass is 14.0. The average Bonchev–Trinajstić information content (AvgIpc) is 2.85. The van der Waals surface area contributed by atoms with Crippen LogP contribution in [0, 0.1) is 6.92 Å². The molecule has 34 heavy (non-hydrogen) atoms. The molecule has 0 aromatic heterocycles. The van der Waals surface area contributed by atoms with Crippen molar-refractivity contribution in [2.45, 2.75) is 212 Å². The fourth-order valence-corrected chi connectivity index (χ4v) is 5.38. The molecule has 205 valence electrons. The lowest BCUT2D eigenvalue weighted by atomic mass is 10.0. The Morgan fingerprint density at radius 1 is 0.235 bits per heavy atom. The second-order valence-electron chi connectivity index (χ2n) is 11.5. The number of hydrogen-bond acceptors (Lipinski definition) is 0. The number of hydrogen-bond donors (Lipinski definition) is 0. The maximum atomic E-state index is 3.92. The molecule has 0 spiro atoms. The van der Waals surface area contributed by atoms with E-state index in [2.05, 4.69) is 13.8 Å². The van der Waals surface area contributed by atoms with Gasteiger partial charge in [0.1, 0.15) is 0 Å². The topological polar surface area (TPSA) is 0 Å². The summed E-state index contributed by atoms with van der Waals surface area (Å²) < 4.78 is 0. The van der Waals surface area contributed by atoms with E-state index in [1.807, 2.05) is 0 Å². The van der Waals surface area contributed by atoms with Crippen molar-refractivity contribution in [3.05, 3.63) is 6.92 Å². The Hall–Kier alpha value is 0. The van der Waals surface area contributed by atoms with E-state index in [-0.39, 0.29) is 0 Å². The highest BCUT2D eigenvalue weighted by Gasteiger charge is 1.97. The SMILES string of the molecule is [CH2]CCCCCCCCCCCCCCCCCCCCCCCCCCCCCCCCC. The molecule has 0 aliphatic heterocycles. The van der Waals surface area contributed by atoms with Crippen LogP contribution in [0.5, 0.6) is 0 Å². The molecule has 0 saturated heterocycles. The molecular weight excluding hydrogens is 408 g/mol. The summed E-state index contributed by atoms with van der Waals surface area (Å²) in [4.78, 5) is 0. The molecule has 0 saturated carbocycles. The van der Waals surface area contributed by atoms with Gasteiger partial charge in [0, 0.05) is 0 Å². The fourth-order valence-electron chi connectivity index (χ4n) is 5.38. The summed E-state index contributed by atoms with van der Waals surface area (Å²) in [5.74, 6) is 0. The molecule has 0 aliphatic carbocycles. The number of unbranched alkanes of at least 4 members (excludes halogenated alkanes) is 31. The Labute approximate surface area is 219 Å². The molecule has 0 rings (SSSR count). The molecule has 0 heterocycles. The average molecular weight is 478 g/mol. The molecule has 0 fully saturated rings. The lowest BCUT2D eigenvalue weighted by Gasteiger charge is -2.04. The molecule has 0 atom stereocenters. The minimum Gasteiger partial charge on any atom is -0.0654 e. The first-order valence-electron chi connectivity index (χ1n) is 16.7. The second-order valence-corrected chi connectivity index (χ2v) is 11.5. The van der Waals surface area contributed by atoms with E-state index in [0.717, 1.165) is 6.42 Å². The molecule has 0 nitrogen and oxygen atoms in total. The Morgan fingerprint density at radius 3 is 0.529 bits per heavy atom. The molecule has 0 aromatic rings. The molecule has 0 N–H and O–H groups in total. The van der Waals surface area contributed by atoms with E-state index in [0.29, 0.717) is 0 Å². The van der Waals surface area contributed by atoms with Gasteiger partial charge in [0.25, 0.3) is 0 Å². The predicted molar refractivity (Wildman–Crippen MR) is 159 cm³/mol. The summed E-state index contributed by atoms with van der Waals surface area (Å²) >= 11 is 0.